The summed E-state index contributed by atoms with van der Waals surface area (Å²) in [6.45, 7) is 6.00. The van der Waals surface area contributed by atoms with E-state index in [1.54, 1.807) is 6.07 Å². The van der Waals surface area contributed by atoms with Crippen LogP contribution < -0.4 is 15.4 Å². The first kappa shape index (κ1) is 15.1. The molecule has 0 spiro atoms. The lowest BCUT2D eigenvalue weighted by Crippen LogP contribution is -2.27. The van der Waals surface area contributed by atoms with Crippen molar-refractivity contribution in [1.29, 1.82) is 0 Å². The van der Waals surface area contributed by atoms with Gasteiger partial charge in [0.25, 0.3) is 11.6 Å². The third kappa shape index (κ3) is 3.24. The second-order valence-electron chi connectivity index (χ2n) is 5.28. The summed E-state index contributed by atoms with van der Waals surface area (Å²) in [4.78, 5) is 22.1. The Hall–Kier alpha value is -2.31. The van der Waals surface area contributed by atoms with Crippen LogP contribution in [0.1, 0.15) is 27.2 Å². The normalized spacial score (nSPS) is 16.2. The van der Waals surface area contributed by atoms with Crippen LogP contribution in [0.3, 0.4) is 0 Å². The van der Waals surface area contributed by atoms with Crippen LogP contribution in [0.15, 0.2) is 12.1 Å². The Labute approximate surface area is 122 Å². The highest BCUT2D eigenvalue weighted by Gasteiger charge is 2.25. The Morgan fingerprint density at radius 3 is 2.81 bits per heavy atom. The smallest absolute Gasteiger partial charge is 0.296 e. The number of carbonyl (C=O) groups excluding carboxylic acids is 1. The van der Waals surface area contributed by atoms with Crippen LogP contribution >= 0.6 is 0 Å². The lowest BCUT2D eigenvalue weighted by atomic mass is 10.0. The van der Waals surface area contributed by atoms with Crippen molar-refractivity contribution in [2.75, 3.05) is 17.2 Å². The van der Waals surface area contributed by atoms with E-state index in [2.05, 4.69) is 24.5 Å². The van der Waals surface area contributed by atoms with Crippen LogP contribution in [0, 0.1) is 16.0 Å². The van der Waals surface area contributed by atoms with Crippen molar-refractivity contribution < 1.29 is 14.5 Å². The van der Waals surface area contributed by atoms with Gasteiger partial charge in [-0.15, -0.1) is 0 Å². The molecular formula is C14H19N3O4. The SMILES string of the molecule is CCC(C)C(C)Nc1cc2c(cc1[N+](=O)[O-])OCC(=O)N2. The van der Waals surface area contributed by atoms with Gasteiger partial charge in [0.05, 0.1) is 16.7 Å². The molecule has 0 radical (unpaired) electrons. The fourth-order valence-electron chi connectivity index (χ4n) is 2.12. The monoisotopic (exact) mass is 293 g/mol. The molecular weight excluding hydrogens is 274 g/mol. The summed E-state index contributed by atoms with van der Waals surface area (Å²) in [5.74, 6) is 0.423. The number of anilines is 2. The zero-order chi connectivity index (χ0) is 15.6. The van der Waals surface area contributed by atoms with Crippen molar-refractivity contribution in [3.63, 3.8) is 0 Å². The summed E-state index contributed by atoms with van der Waals surface area (Å²) in [5, 5.41) is 17.0. The Kier molecular flexibility index (Phi) is 4.30. The Balaban J connectivity index is 2.36. The molecule has 114 valence electrons. The van der Waals surface area contributed by atoms with E-state index in [-0.39, 0.29) is 24.2 Å². The molecule has 2 atom stereocenters. The van der Waals surface area contributed by atoms with Crippen LogP contribution in [0.25, 0.3) is 0 Å². The van der Waals surface area contributed by atoms with Gasteiger partial charge in [-0.25, -0.2) is 0 Å². The lowest BCUT2D eigenvalue weighted by Gasteiger charge is -2.23. The number of nitro groups is 1. The van der Waals surface area contributed by atoms with E-state index >= 15 is 0 Å². The Morgan fingerprint density at radius 1 is 1.48 bits per heavy atom. The molecule has 1 aromatic rings. The first-order chi connectivity index (χ1) is 9.92. The molecule has 1 aliphatic rings. The topological polar surface area (TPSA) is 93.5 Å². The summed E-state index contributed by atoms with van der Waals surface area (Å²) in [7, 11) is 0. The molecule has 7 heteroatoms. The van der Waals surface area contributed by atoms with Gasteiger partial charge in [-0.2, -0.15) is 0 Å². The maximum absolute atomic E-state index is 11.3. The largest absolute Gasteiger partial charge is 0.481 e. The van der Waals surface area contributed by atoms with Crippen LogP contribution in [0.5, 0.6) is 5.75 Å². The van der Waals surface area contributed by atoms with Crippen molar-refractivity contribution in [2.45, 2.75) is 33.2 Å². The maximum atomic E-state index is 11.3. The van der Waals surface area contributed by atoms with Crippen LogP contribution in [0.2, 0.25) is 0 Å². The van der Waals surface area contributed by atoms with E-state index in [1.807, 2.05) is 6.92 Å². The van der Waals surface area contributed by atoms with E-state index in [1.165, 1.54) is 6.07 Å². The summed E-state index contributed by atoms with van der Waals surface area (Å²) < 4.78 is 5.21. The molecule has 0 fully saturated rings. The molecule has 1 aromatic carbocycles. The number of amides is 1. The van der Waals surface area contributed by atoms with Crippen molar-refractivity contribution in [3.8, 4) is 5.75 Å². The predicted octanol–water partition coefficient (Wildman–Crippen LogP) is 2.77. The average molecular weight is 293 g/mol. The number of hydrogen-bond donors (Lipinski definition) is 2. The Bertz CT molecular complexity index is 574. The van der Waals surface area contributed by atoms with Crippen LogP contribution in [-0.4, -0.2) is 23.5 Å². The number of carbonyl (C=O) groups is 1. The summed E-state index contributed by atoms with van der Waals surface area (Å²) in [6, 6.07) is 2.98. The fourth-order valence-corrected chi connectivity index (χ4v) is 2.12. The van der Waals surface area contributed by atoms with E-state index in [9.17, 15) is 14.9 Å². The number of fused-ring (bicyclic) bond motifs is 1. The van der Waals surface area contributed by atoms with Gasteiger partial charge >= 0.3 is 0 Å². The van der Waals surface area contributed by atoms with Gasteiger partial charge < -0.3 is 15.4 Å². The summed E-state index contributed by atoms with van der Waals surface area (Å²) in [5.41, 5.74) is 0.785. The maximum Gasteiger partial charge on any atom is 0.296 e. The van der Waals surface area contributed by atoms with E-state index in [4.69, 9.17) is 4.74 Å². The number of hydrogen-bond acceptors (Lipinski definition) is 5. The molecule has 1 heterocycles. The van der Waals surface area contributed by atoms with Gasteiger partial charge in [0.1, 0.15) is 5.69 Å². The quantitative estimate of drug-likeness (QED) is 0.643. The molecule has 2 N–H and O–H groups in total. The van der Waals surface area contributed by atoms with E-state index < -0.39 is 4.92 Å². The Morgan fingerprint density at radius 2 is 2.19 bits per heavy atom. The molecule has 0 saturated heterocycles. The lowest BCUT2D eigenvalue weighted by molar-refractivity contribution is -0.384. The van der Waals surface area contributed by atoms with E-state index in [0.717, 1.165) is 6.42 Å². The van der Waals surface area contributed by atoms with Crippen molar-refractivity contribution >= 4 is 23.0 Å². The number of benzene rings is 1. The molecule has 0 bridgehead atoms. The van der Waals surface area contributed by atoms with Gasteiger partial charge in [-0.05, 0) is 18.9 Å². The minimum absolute atomic E-state index is 0.0555. The molecule has 1 amide bonds. The number of rotatable bonds is 5. The first-order valence-electron chi connectivity index (χ1n) is 6.94. The zero-order valence-electron chi connectivity index (χ0n) is 12.3. The standard InChI is InChI=1S/C14H19N3O4/c1-4-8(2)9(3)15-10-5-11-13(6-12(10)17(19)20)21-7-14(18)16-11/h5-6,8-9,15H,4,7H2,1-3H3,(H,16,18). The zero-order valence-corrected chi connectivity index (χ0v) is 12.3. The number of nitrogens with zero attached hydrogens (tertiary/aromatic N) is 1. The van der Waals surface area contributed by atoms with Gasteiger partial charge in [-0.3, -0.25) is 14.9 Å². The highest BCUT2D eigenvalue weighted by atomic mass is 16.6. The highest BCUT2D eigenvalue weighted by molar-refractivity contribution is 5.96. The van der Waals surface area contributed by atoms with Crippen molar-refractivity contribution in [2.24, 2.45) is 5.92 Å². The summed E-state index contributed by atoms with van der Waals surface area (Å²) in [6.07, 6.45) is 0.965. The molecule has 1 aliphatic heterocycles. The average Bonchev–Trinajstić information content (AvgIpc) is 2.45. The van der Waals surface area contributed by atoms with Gasteiger partial charge in [0.15, 0.2) is 12.4 Å². The van der Waals surface area contributed by atoms with E-state index in [0.29, 0.717) is 23.0 Å². The fraction of sp³-hybridized carbons (Fsp3) is 0.500. The molecule has 0 saturated carbocycles. The van der Waals surface area contributed by atoms with Crippen LogP contribution in [-0.2, 0) is 4.79 Å². The molecule has 21 heavy (non-hydrogen) atoms. The second kappa shape index (κ2) is 5.99. The second-order valence-corrected chi connectivity index (χ2v) is 5.28. The number of nitro benzene ring substituents is 1. The molecule has 0 aliphatic carbocycles. The number of nitrogens with one attached hydrogen (secondary N) is 2. The third-order valence-corrected chi connectivity index (χ3v) is 3.81. The molecule has 2 unspecified atom stereocenters. The molecule has 2 rings (SSSR count). The number of ether oxygens (including phenoxy) is 1. The molecule has 0 aromatic heterocycles. The predicted molar refractivity (Wildman–Crippen MR) is 79.8 cm³/mol. The van der Waals surface area contributed by atoms with Gasteiger partial charge in [0.2, 0.25) is 0 Å². The minimum atomic E-state index is -0.453. The first-order valence-corrected chi connectivity index (χ1v) is 6.94. The summed E-state index contributed by atoms with van der Waals surface area (Å²) >= 11 is 0. The van der Waals surface area contributed by atoms with Crippen molar-refractivity contribution in [1.82, 2.24) is 0 Å². The van der Waals surface area contributed by atoms with Crippen LogP contribution in [0.4, 0.5) is 17.1 Å². The minimum Gasteiger partial charge on any atom is -0.481 e. The van der Waals surface area contributed by atoms with Gasteiger partial charge in [-0.1, -0.05) is 20.3 Å². The van der Waals surface area contributed by atoms with Gasteiger partial charge in [0, 0.05) is 6.04 Å². The van der Waals surface area contributed by atoms with Crippen molar-refractivity contribution in [3.05, 3.63) is 22.2 Å². The third-order valence-electron chi connectivity index (χ3n) is 3.81. The molecule has 7 nitrogen and oxygen atoms in total. The highest BCUT2D eigenvalue weighted by Crippen LogP contribution is 2.38.